The summed E-state index contributed by atoms with van der Waals surface area (Å²) in [7, 11) is 4.73. The molecule has 15 nitrogen and oxygen atoms in total. The average Bonchev–Trinajstić information content (AvgIpc) is 3.77. The Bertz CT molecular complexity index is 1600. The Morgan fingerprint density at radius 1 is 1.00 bits per heavy atom. The molecule has 5 N–H and O–H groups in total. The largest absolute Gasteiger partial charge is 0.493 e. The Morgan fingerprint density at radius 2 is 1.77 bits per heavy atom. The van der Waals surface area contributed by atoms with Crippen molar-refractivity contribution in [2.75, 3.05) is 45.2 Å². The zero-order chi connectivity index (χ0) is 36.5. The van der Waals surface area contributed by atoms with Gasteiger partial charge in [0.1, 0.15) is 24.4 Å². The van der Waals surface area contributed by atoms with Crippen molar-refractivity contribution >= 4 is 33.5 Å². The number of fused-ring (bicyclic) bond motifs is 4. The summed E-state index contributed by atoms with van der Waals surface area (Å²) in [6.45, 7) is 1.93. The summed E-state index contributed by atoms with van der Waals surface area (Å²) >= 11 is 0. The van der Waals surface area contributed by atoms with E-state index >= 15 is 0 Å². The number of cyclic esters (lactones) is 1. The highest BCUT2D eigenvalue weighted by Crippen LogP contribution is 2.56. The molecule has 284 valence electrons. The van der Waals surface area contributed by atoms with Gasteiger partial charge in [-0.2, -0.15) is 0 Å². The number of ether oxygens (including phenoxy) is 9. The lowest BCUT2D eigenvalue weighted by atomic mass is 9.66. The second-order valence-corrected chi connectivity index (χ2v) is 15.8. The molecule has 0 bridgehead atoms. The molecule has 1 aliphatic carbocycles. The van der Waals surface area contributed by atoms with Crippen LogP contribution < -0.4 is 24.7 Å². The molecule has 2 aromatic rings. The van der Waals surface area contributed by atoms with Gasteiger partial charge in [-0.3, -0.25) is 9.59 Å². The minimum Gasteiger partial charge on any atom is -0.493 e. The fourth-order valence-electron chi connectivity index (χ4n) is 7.50. The summed E-state index contributed by atoms with van der Waals surface area (Å²) in [5, 5.41) is 32.7. The Labute approximate surface area is 308 Å². The first-order chi connectivity index (χ1) is 25.2. The molecule has 10 atom stereocenters. The van der Waals surface area contributed by atoms with E-state index in [1.54, 1.807) is 52.8 Å². The predicted octanol–water partition coefficient (Wildman–Crippen LogP) is 2.14. The maximum atomic E-state index is 13.7. The van der Waals surface area contributed by atoms with E-state index in [1.165, 1.54) is 7.11 Å². The van der Waals surface area contributed by atoms with Crippen molar-refractivity contribution in [3.8, 4) is 23.0 Å². The molecule has 0 spiro atoms. The van der Waals surface area contributed by atoms with Crippen LogP contribution in [0.1, 0.15) is 54.0 Å². The van der Waals surface area contributed by atoms with E-state index in [1.807, 2.05) is 0 Å². The normalized spacial score (nSPS) is 31.7. The van der Waals surface area contributed by atoms with Crippen molar-refractivity contribution in [2.24, 2.45) is 17.6 Å². The summed E-state index contributed by atoms with van der Waals surface area (Å²) < 4.78 is 52.5. The molecule has 0 aromatic heterocycles. The Hall–Kier alpha value is -2.84. The summed E-state index contributed by atoms with van der Waals surface area (Å²) in [4.78, 5) is 26.5. The van der Waals surface area contributed by atoms with Gasteiger partial charge in [0, 0.05) is 41.9 Å². The minimum absolute atomic E-state index is 0.00239. The van der Waals surface area contributed by atoms with Crippen LogP contribution in [0.2, 0.25) is 0 Å². The zero-order valence-corrected chi connectivity index (χ0v) is 30.3. The van der Waals surface area contributed by atoms with Crippen LogP contribution in [0, 0.1) is 11.8 Å². The maximum absolute atomic E-state index is 13.7. The van der Waals surface area contributed by atoms with Gasteiger partial charge in [0.05, 0.1) is 39.0 Å². The first-order valence-electron chi connectivity index (χ1n) is 17.2. The molecule has 17 heteroatoms. The molecule has 52 heavy (non-hydrogen) atoms. The van der Waals surface area contributed by atoms with Crippen LogP contribution in [0.4, 0.5) is 0 Å². The number of benzene rings is 2. The van der Waals surface area contributed by atoms with Crippen molar-refractivity contribution in [1.29, 1.82) is 0 Å². The monoisotopic (exact) mass is 765 g/mol. The zero-order valence-electron chi connectivity index (χ0n) is 28.7. The number of methoxy groups -OCH3 is 1. The fourth-order valence-corrected chi connectivity index (χ4v) is 9.44. The van der Waals surface area contributed by atoms with E-state index in [0.717, 1.165) is 11.5 Å². The SMILES string of the molecule is COc1cc([C@@H]2c3cc4c(cc3[C@@H](OC3OC5COC(C)OC5C(O)C3O)[C@H]3COC(=O)[C@H]23)OCO4)cc(CO)c1OC(=O)CCCSSCCN. The standard InChI is InChI=1S/C35H43NO14S2/c1-16-43-14-25-33(47-16)29(39)30(40)35(48-25)50-32-20-11-23-22(45-15-46-23)10-19(20)27(28-21(32)13-44-34(28)41)17-8-18(12-37)31(24(9-17)42-2)49-26(38)4-3-6-51-52-7-5-36/h8-11,16,21,25,27-30,32-33,35,37,39-40H,3-7,12-15,36H2,1-2H3/t16?,21-,25?,27+,28-,29?,30?,32+,33?,35?/m0/s1. The number of hydrogen-bond acceptors (Lipinski definition) is 17. The number of rotatable bonds is 13. The third-order valence-electron chi connectivity index (χ3n) is 9.90. The Kier molecular flexibility index (Phi) is 11.7. The quantitative estimate of drug-likeness (QED) is 0.0998. The molecule has 3 fully saturated rings. The van der Waals surface area contributed by atoms with Crippen LogP contribution in [-0.2, 0) is 39.9 Å². The lowest BCUT2D eigenvalue weighted by Crippen LogP contribution is -2.63. The molecule has 7 rings (SSSR count). The van der Waals surface area contributed by atoms with Gasteiger partial charge in [-0.15, -0.1) is 0 Å². The van der Waals surface area contributed by atoms with Crippen LogP contribution >= 0.6 is 21.6 Å². The lowest BCUT2D eigenvalue weighted by Gasteiger charge is -2.47. The Morgan fingerprint density at radius 3 is 2.52 bits per heavy atom. The summed E-state index contributed by atoms with van der Waals surface area (Å²) in [6, 6.07) is 6.96. The van der Waals surface area contributed by atoms with Crippen molar-refractivity contribution < 1.29 is 67.5 Å². The van der Waals surface area contributed by atoms with Gasteiger partial charge in [0.25, 0.3) is 0 Å². The molecule has 3 saturated heterocycles. The highest BCUT2D eigenvalue weighted by atomic mass is 33.1. The number of aliphatic hydroxyl groups excluding tert-OH is 3. The summed E-state index contributed by atoms with van der Waals surface area (Å²) in [5.41, 5.74) is 7.71. The van der Waals surface area contributed by atoms with Gasteiger partial charge in [0.2, 0.25) is 6.79 Å². The number of carbonyl (C=O) groups is 2. The molecule has 0 radical (unpaired) electrons. The van der Waals surface area contributed by atoms with Gasteiger partial charge >= 0.3 is 11.9 Å². The van der Waals surface area contributed by atoms with E-state index < -0.39 is 79.4 Å². The third-order valence-corrected chi connectivity index (χ3v) is 12.4. The highest BCUT2D eigenvalue weighted by molar-refractivity contribution is 8.76. The summed E-state index contributed by atoms with van der Waals surface area (Å²) in [6.07, 6.45) is -6.28. The van der Waals surface area contributed by atoms with Crippen molar-refractivity contribution in [2.45, 2.75) is 75.4 Å². The molecular formula is C35H43NO14S2. The Balaban J connectivity index is 1.21. The van der Waals surface area contributed by atoms with Gasteiger partial charge in [-0.1, -0.05) is 21.6 Å². The highest BCUT2D eigenvalue weighted by Gasteiger charge is 2.56. The molecule has 4 aliphatic heterocycles. The fraction of sp³-hybridized carbons (Fsp3) is 0.600. The number of nitrogens with two attached hydrogens (primary N) is 1. The van der Waals surface area contributed by atoms with Crippen molar-refractivity contribution in [1.82, 2.24) is 0 Å². The number of hydrogen-bond donors (Lipinski definition) is 4. The minimum atomic E-state index is -1.47. The number of aliphatic hydroxyl groups is 3. The first-order valence-corrected chi connectivity index (χ1v) is 19.7. The third kappa shape index (κ3) is 7.32. The molecule has 0 saturated carbocycles. The molecule has 2 aromatic carbocycles. The van der Waals surface area contributed by atoms with Crippen molar-refractivity contribution in [3.05, 3.63) is 46.5 Å². The topological polar surface area (TPSA) is 204 Å². The maximum Gasteiger partial charge on any atom is 0.311 e. The average molecular weight is 766 g/mol. The second-order valence-electron chi connectivity index (χ2n) is 13.1. The van der Waals surface area contributed by atoms with Crippen LogP contribution in [0.5, 0.6) is 23.0 Å². The van der Waals surface area contributed by atoms with E-state index in [9.17, 15) is 24.9 Å². The van der Waals surface area contributed by atoms with E-state index in [2.05, 4.69) is 0 Å². The van der Waals surface area contributed by atoms with Crippen LogP contribution in [0.3, 0.4) is 0 Å². The summed E-state index contributed by atoms with van der Waals surface area (Å²) in [5.74, 6) is -0.134. The first kappa shape index (κ1) is 37.5. The second kappa shape index (κ2) is 16.3. The smallest absolute Gasteiger partial charge is 0.311 e. The molecular weight excluding hydrogens is 723 g/mol. The van der Waals surface area contributed by atoms with Crippen LogP contribution in [-0.4, -0.2) is 109 Å². The van der Waals surface area contributed by atoms with Crippen molar-refractivity contribution in [3.63, 3.8) is 0 Å². The molecule has 6 unspecified atom stereocenters. The van der Waals surface area contributed by atoms with Crippen LogP contribution in [0.15, 0.2) is 24.3 Å². The van der Waals surface area contributed by atoms with Gasteiger partial charge in [0.15, 0.2) is 35.6 Å². The van der Waals surface area contributed by atoms with Gasteiger partial charge in [-0.25, -0.2) is 0 Å². The molecule has 0 amide bonds. The van der Waals surface area contributed by atoms with Crippen LogP contribution in [0.25, 0.3) is 0 Å². The number of carbonyl (C=O) groups excluding carboxylic acids is 2. The molecule has 5 aliphatic rings. The lowest BCUT2D eigenvalue weighted by molar-refractivity contribution is -0.364. The van der Waals surface area contributed by atoms with E-state index in [0.29, 0.717) is 46.7 Å². The van der Waals surface area contributed by atoms with E-state index in [-0.39, 0.29) is 37.9 Å². The molecule has 4 heterocycles. The number of esters is 2. The van der Waals surface area contributed by atoms with Gasteiger partial charge < -0.3 is 63.7 Å². The predicted molar refractivity (Wildman–Crippen MR) is 185 cm³/mol. The van der Waals surface area contributed by atoms with E-state index in [4.69, 9.17) is 48.4 Å². The van der Waals surface area contributed by atoms with Gasteiger partial charge in [-0.05, 0) is 54.3 Å².